The summed E-state index contributed by atoms with van der Waals surface area (Å²) in [4.78, 5) is 0. The van der Waals surface area contributed by atoms with Crippen LogP contribution in [0.3, 0.4) is 0 Å². The summed E-state index contributed by atoms with van der Waals surface area (Å²) in [6.07, 6.45) is 3.34. The first-order chi connectivity index (χ1) is 12.8. The third kappa shape index (κ3) is 4.86. The molecule has 0 aromatic heterocycles. The van der Waals surface area contributed by atoms with Gasteiger partial charge in [0.05, 0.1) is 0 Å². The van der Waals surface area contributed by atoms with Crippen LogP contribution in [0.25, 0.3) is 16.7 Å². The van der Waals surface area contributed by atoms with Crippen LogP contribution in [-0.4, -0.2) is 0 Å². The van der Waals surface area contributed by atoms with E-state index in [9.17, 15) is 0 Å². The summed E-state index contributed by atoms with van der Waals surface area (Å²) in [5, 5.41) is 0. The number of rotatable bonds is 3. The van der Waals surface area contributed by atoms with Crippen molar-refractivity contribution in [3.8, 4) is 0 Å². The molecule has 128 valence electrons. The van der Waals surface area contributed by atoms with E-state index in [-0.39, 0.29) is 0 Å². The van der Waals surface area contributed by atoms with Gasteiger partial charge in [-0.25, -0.2) is 0 Å². The molecule has 0 bridgehead atoms. The zero-order chi connectivity index (χ0) is 18.2. The maximum absolute atomic E-state index is 4.93. The van der Waals surface area contributed by atoms with E-state index in [4.69, 9.17) is 17.0 Å². The predicted octanol–water partition coefficient (Wildman–Crippen LogP) is 7.46. The van der Waals surface area contributed by atoms with Crippen LogP contribution in [0.2, 0.25) is 0 Å². The minimum atomic E-state index is -0.826. The number of hydrogen-bond acceptors (Lipinski definition) is 0. The Morgan fingerprint density at radius 3 is 1.50 bits per heavy atom. The van der Waals surface area contributed by atoms with E-state index in [2.05, 4.69) is 97.1 Å². The molecule has 1 aliphatic rings. The second-order valence-corrected chi connectivity index (χ2v) is 9.64. The molecule has 26 heavy (non-hydrogen) atoms. The van der Waals surface area contributed by atoms with E-state index in [1.165, 1.54) is 33.4 Å². The topological polar surface area (TPSA) is 0 Å². The molecule has 3 aromatic carbocycles. The van der Waals surface area contributed by atoms with E-state index in [0.717, 1.165) is 6.42 Å². The van der Waals surface area contributed by atoms with Crippen LogP contribution in [0.15, 0.2) is 97.1 Å². The SMILES string of the molecule is C1=C(c2ccccc2)CC(c2ccccc2)=C1c1ccccc1.[Cl][Zr][Cl]. The Hall–Kier alpha value is -1.40. The summed E-state index contributed by atoms with van der Waals surface area (Å²) in [6.45, 7) is 0. The standard InChI is InChI=1S/C23H18.2ClH.Zr/c1-4-10-18(11-5-1)21-16-22(19-12-6-2-7-13-19)23(17-21)20-14-8-3-9-15-20;;;/h1-16H,17H2;2*1H;/q;;;+2/p-2. The van der Waals surface area contributed by atoms with Gasteiger partial charge < -0.3 is 0 Å². The van der Waals surface area contributed by atoms with Crippen LogP contribution < -0.4 is 0 Å². The van der Waals surface area contributed by atoms with Crippen LogP contribution >= 0.6 is 17.0 Å². The molecule has 1 aliphatic carbocycles. The van der Waals surface area contributed by atoms with Crippen molar-refractivity contribution < 1.29 is 20.8 Å². The van der Waals surface area contributed by atoms with Crippen LogP contribution in [0.5, 0.6) is 0 Å². The first-order valence-corrected chi connectivity index (χ1v) is 14.7. The average molecular weight is 457 g/mol. The zero-order valence-corrected chi connectivity index (χ0v) is 18.2. The third-order valence-electron chi connectivity index (χ3n) is 4.36. The van der Waals surface area contributed by atoms with E-state index in [0.29, 0.717) is 0 Å². The Kier molecular flexibility index (Phi) is 7.50. The van der Waals surface area contributed by atoms with Crippen molar-refractivity contribution >= 4 is 33.7 Å². The molecule has 0 atom stereocenters. The molecule has 0 nitrogen and oxygen atoms in total. The number of halogens is 2. The summed E-state index contributed by atoms with van der Waals surface area (Å²) in [5.41, 5.74) is 8.06. The Morgan fingerprint density at radius 1 is 0.577 bits per heavy atom. The van der Waals surface area contributed by atoms with Gasteiger partial charge in [-0.3, -0.25) is 0 Å². The van der Waals surface area contributed by atoms with E-state index < -0.39 is 20.8 Å². The predicted molar refractivity (Wildman–Crippen MR) is 110 cm³/mol. The quantitative estimate of drug-likeness (QED) is 0.384. The fourth-order valence-electron chi connectivity index (χ4n) is 3.21. The number of hydrogen-bond donors (Lipinski definition) is 0. The molecule has 0 saturated heterocycles. The van der Waals surface area contributed by atoms with Crippen LogP contribution in [0, 0.1) is 0 Å². The van der Waals surface area contributed by atoms with E-state index >= 15 is 0 Å². The van der Waals surface area contributed by atoms with E-state index in [1.807, 2.05) is 0 Å². The molecule has 4 rings (SSSR count). The Morgan fingerprint density at radius 2 is 1.00 bits per heavy atom. The van der Waals surface area contributed by atoms with Gasteiger partial charge in [0, 0.05) is 0 Å². The Labute approximate surface area is 173 Å². The van der Waals surface area contributed by atoms with Crippen molar-refractivity contribution in [2.45, 2.75) is 6.42 Å². The molecule has 3 heteroatoms. The van der Waals surface area contributed by atoms with Gasteiger partial charge in [0.15, 0.2) is 0 Å². The third-order valence-corrected chi connectivity index (χ3v) is 4.36. The monoisotopic (exact) mass is 454 g/mol. The summed E-state index contributed by atoms with van der Waals surface area (Å²) in [7, 11) is 9.87. The summed E-state index contributed by atoms with van der Waals surface area (Å²) >= 11 is -0.826. The molecule has 0 saturated carbocycles. The van der Waals surface area contributed by atoms with Gasteiger partial charge in [0.2, 0.25) is 0 Å². The molecule has 0 aliphatic heterocycles. The molecule has 0 heterocycles. The first-order valence-electron chi connectivity index (χ1n) is 8.39. The van der Waals surface area contributed by atoms with Crippen molar-refractivity contribution in [2.75, 3.05) is 0 Å². The summed E-state index contributed by atoms with van der Waals surface area (Å²) < 4.78 is 0. The fraction of sp³-hybridized carbons (Fsp3) is 0.0435. The van der Waals surface area contributed by atoms with Crippen LogP contribution in [-0.2, 0) is 20.8 Å². The molecule has 0 N–H and O–H groups in total. The van der Waals surface area contributed by atoms with Gasteiger partial charge in [-0.1, -0.05) is 91.0 Å². The second kappa shape index (κ2) is 10.1. The van der Waals surface area contributed by atoms with Crippen molar-refractivity contribution in [1.29, 1.82) is 0 Å². The fourth-order valence-corrected chi connectivity index (χ4v) is 3.21. The Bertz CT molecular complexity index is 885. The average Bonchev–Trinajstić information content (AvgIpc) is 3.16. The van der Waals surface area contributed by atoms with Gasteiger partial charge in [-0.2, -0.15) is 0 Å². The van der Waals surface area contributed by atoms with Crippen molar-refractivity contribution in [2.24, 2.45) is 0 Å². The van der Waals surface area contributed by atoms with Gasteiger partial charge in [0.1, 0.15) is 0 Å². The number of benzene rings is 3. The molecule has 0 radical (unpaired) electrons. The molecule has 3 aromatic rings. The summed E-state index contributed by atoms with van der Waals surface area (Å²) in [6, 6.07) is 32.1. The molecular weight excluding hydrogens is 438 g/mol. The van der Waals surface area contributed by atoms with Crippen LogP contribution in [0.1, 0.15) is 23.1 Å². The van der Waals surface area contributed by atoms with Gasteiger partial charge in [-0.15, -0.1) is 0 Å². The molecule has 0 spiro atoms. The molecule has 0 fully saturated rings. The first kappa shape index (κ1) is 19.4. The van der Waals surface area contributed by atoms with Gasteiger partial charge >= 0.3 is 37.9 Å². The molecular formula is C23H18Cl2Zr. The maximum atomic E-state index is 4.93. The van der Waals surface area contributed by atoms with E-state index in [1.54, 1.807) is 0 Å². The second-order valence-electron chi connectivity index (χ2n) is 5.91. The molecule has 0 amide bonds. The van der Waals surface area contributed by atoms with Gasteiger partial charge in [-0.05, 0) is 45.9 Å². The molecule has 0 unspecified atom stereocenters. The Balaban J connectivity index is 0.000000613. The summed E-state index contributed by atoms with van der Waals surface area (Å²) in [5.74, 6) is 0. The number of allylic oxidation sites excluding steroid dienone is 4. The van der Waals surface area contributed by atoms with Crippen molar-refractivity contribution in [3.05, 3.63) is 114 Å². The normalized spacial score (nSPS) is 12.9. The minimum absolute atomic E-state index is 0.826. The van der Waals surface area contributed by atoms with Gasteiger partial charge in [0.25, 0.3) is 0 Å². The van der Waals surface area contributed by atoms with Crippen LogP contribution in [0.4, 0.5) is 0 Å². The van der Waals surface area contributed by atoms with Crippen molar-refractivity contribution in [3.63, 3.8) is 0 Å². The zero-order valence-electron chi connectivity index (χ0n) is 14.2. The van der Waals surface area contributed by atoms with Crippen molar-refractivity contribution in [1.82, 2.24) is 0 Å².